The Morgan fingerprint density at radius 2 is 1.88 bits per heavy atom. The summed E-state index contributed by atoms with van der Waals surface area (Å²) in [4.78, 5) is 8.92. The topological polar surface area (TPSA) is 90.3 Å². The number of hydrogen-bond acceptors (Lipinski definition) is 6. The molecule has 1 aliphatic rings. The normalized spacial score (nSPS) is 15.2. The van der Waals surface area contributed by atoms with E-state index in [9.17, 15) is 10.2 Å². The molecule has 8 heteroatoms. The van der Waals surface area contributed by atoms with Crippen LogP contribution in [0, 0.1) is 0 Å². The standard InChI is InChI=1S/C16H18Cl2N4O2/c1-8(7-23)19-16-21-13(9-2-3-9)6-14(22-16)20-10-4-11(17)15(24)12(18)5-10/h4-6,8-9,23-24H,2-3,7H2,1H3,(H2,19,20,21,22)/t8-/m0/s1. The quantitative estimate of drug-likeness (QED) is 0.578. The van der Waals surface area contributed by atoms with Crippen molar-refractivity contribution in [2.45, 2.75) is 31.7 Å². The molecular weight excluding hydrogens is 351 g/mol. The highest BCUT2D eigenvalue weighted by Crippen LogP contribution is 2.40. The first-order valence-corrected chi connectivity index (χ1v) is 8.43. The summed E-state index contributed by atoms with van der Waals surface area (Å²) in [5.74, 6) is 1.35. The molecule has 1 atom stereocenters. The van der Waals surface area contributed by atoms with Gasteiger partial charge in [-0.2, -0.15) is 4.98 Å². The minimum atomic E-state index is -0.149. The van der Waals surface area contributed by atoms with Crippen molar-refractivity contribution in [2.24, 2.45) is 0 Å². The summed E-state index contributed by atoms with van der Waals surface area (Å²) in [7, 11) is 0. The van der Waals surface area contributed by atoms with Gasteiger partial charge in [0.15, 0.2) is 5.75 Å². The average molecular weight is 369 g/mol. The molecule has 1 heterocycles. The van der Waals surface area contributed by atoms with Crippen molar-refractivity contribution < 1.29 is 10.2 Å². The number of aliphatic hydroxyl groups is 1. The van der Waals surface area contributed by atoms with Gasteiger partial charge in [0.05, 0.1) is 22.3 Å². The third-order valence-electron chi connectivity index (χ3n) is 3.68. The Hall–Kier alpha value is -1.76. The van der Waals surface area contributed by atoms with Gasteiger partial charge in [-0.05, 0) is 31.9 Å². The molecule has 1 saturated carbocycles. The second kappa shape index (κ2) is 7.01. The zero-order valence-corrected chi connectivity index (χ0v) is 14.6. The first-order chi connectivity index (χ1) is 11.5. The molecule has 0 radical (unpaired) electrons. The van der Waals surface area contributed by atoms with Gasteiger partial charge in [0.1, 0.15) is 5.82 Å². The molecule has 2 aromatic rings. The average Bonchev–Trinajstić information content (AvgIpc) is 3.37. The fraction of sp³-hybridized carbons (Fsp3) is 0.375. The summed E-state index contributed by atoms with van der Waals surface area (Å²) in [6.07, 6.45) is 2.23. The van der Waals surface area contributed by atoms with Crippen molar-refractivity contribution in [3.8, 4) is 5.75 Å². The smallest absolute Gasteiger partial charge is 0.225 e. The number of nitrogens with one attached hydrogen (secondary N) is 2. The van der Waals surface area contributed by atoms with Crippen LogP contribution in [-0.4, -0.2) is 32.8 Å². The Kier molecular flexibility index (Phi) is 4.99. The van der Waals surface area contributed by atoms with Crippen LogP contribution in [0.5, 0.6) is 5.75 Å². The first kappa shape index (κ1) is 17.1. The largest absolute Gasteiger partial charge is 0.505 e. The van der Waals surface area contributed by atoms with E-state index in [0.717, 1.165) is 18.5 Å². The van der Waals surface area contributed by atoms with Gasteiger partial charge in [0.25, 0.3) is 0 Å². The SMILES string of the molecule is C[C@@H](CO)Nc1nc(Nc2cc(Cl)c(O)c(Cl)c2)cc(C2CC2)n1. The van der Waals surface area contributed by atoms with Crippen LogP contribution < -0.4 is 10.6 Å². The van der Waals surface area contributed by atoms with Gasteiger partial charge in [-0.1, -0.05) is 23.2 Å². The Labute approximate surface area is 149 Å². The minimum absolute atomic E-state index is 0.0110. The van der Waals surface area contributed by atoms with Crippen molar-refractivity contribution in [1.29, 1.82) is 0 Å². The maximum absolute atomic E-state index is 9.64. The van der Waals surface area contributed by atoms with Crippen LogP contribution in [0.2, 0.25) is 10.0 Å². The summed E-state index contributed by atoms with van der Waals surface area (Å²) in [6, 6.07) is 4.89. The van der Waals surface area contributed by atoms with Gasteiger partial charge >= 0.3 is 0 Å². The lowest BCUT2D eigenvalue weighted by atomic mass is 10.2. The summed E-state index contributed by atoms with van der Waals surface area (Å²) in [6.45, 7) is 1.84. The van der Waals surface area contributed by atoms with E-state index in [1.165, 1.54) is 0 Å². The van der Waals surface area contributed by atoms with E-state index in [4.69, 9.17) is 23.2 Å². The van der Waals surface area contributed by atoms with E-state index in [2.05, 4.69) is 20.6 Å². The van der Waals surface area contributed by atoms with E-state index in [1.54, 1.807) is 12.1 Å². The lowest BCUT2D eigenvalue weighted by molar-refractivity contribution is 0.281. The van der Waals surface area contributed by atoms with Gasteiger partial charge in [-0.25, -0.2) is 4.98 Å². The number of phenolic OH excluding ortho intramolecular Hbond substituents is 1. The van der Waals surface area contributed by atoms with Gasteiger partial charge in [0, 0.05) is 23.7 Å². The Morgan fingerprint density at radius 1 is 1.21 bits per heavy atom. The van der Waals surface area contributed by atoms with E-state index < -0.39 is 0 Å². The number of rotatable bonds is 6. The molecule has 0 saturated heterocycles. The fourth-order valence-electron chi connectivity index (χ4n) is 2.23. The lowest BCUT2D eigenvalue weighted by Crippen LogP contribution is -2.21. The fourth-order valence-corrected chi connectivity index (χ4v) is 2.72. The van der Waals surface area contributed by atoms with Crippen molar-refractivity contribution in [3.05, 3.63) is 33.9 Å². The van der Waals surface area contributed by atoms with Crippen molar-refractivity contribution in [1.82, 2.24) is 9.97 Å². The highest BCUT2D eigenvalue weighted by Gasteiger charge is 2.26. The zero-order chi connectivity index (χ0) is 17.3. The highest BCUT2D eigenvalue weighted by molar-refractivity contribution is 6.37. The van der Waals surface area contributed by atoms with Crippen LogP contribution in [0.3, 0.4) is 0 Å². The number of benzene rings is 1. The van der Waals surface area contributed by atoms with Gasteiger partial charge < -0.3 is 20.8 Å². The molecule has 0 bridgehead atoms. The molecule has 0 spiro atoms. The molecule has 1 aliphatic carbocycles. The van der Waals surface area contributed by atoms with Gasteiger partial charge in [-0.3, -0.25) is 0 Å². The monoisotopic (exact) mass is 368 g/mol. The maximum Gasteiger partial charge on any atom is 0.225 e. The molecule has 0 amide bonds. The second-order valence-corrected chi connectivity index (χ2v) is 6.73. The van der Waals surface area contributed by atoms with Crippen LogP contribution >= 0.6 is 23.2 Å². The predicted octanol–water partition coefficient (Wildman–Crippen LogP) is 3.90. The van der Waals surface area contributed by atoms with Crippen LogP contribution in [0.25, 0.3) is 0 Å². The number of aliphatic hydroxyl groups excluding tert-OH is 1. The molecule has 0 aliphatic heterocycles. The molecule has 1 aromatic heterocycles. The highest BCUT2D eigenvalue weighted by atomic mass is 35.5. The number of hydrogen-bond donors (Lipinski definition) is 4. The molecule has 128 valence electrons. The Morgan fingerprint density at radius 3 is 2.46 bits per heavy atom. The number of phenols is 1. The second-order valence-electron chi connectivity index (χ2n) is 5.92. The molecule has 1 fully saturated rings. The minimum Gasteiger partial charge on any atom is -0.505 e. The first-order valence-electron chi connectivity index (χ1n) is 7.67. The zero-order valence-electron chi connectivity index (χ0n) is 13.1. The number of aromatic nitrogens is 2. The molecule has 1 aromatic carbocycles. The van der Waals surface area contributed by atoms with Crippen LogP contribution in [0.15, 0.2) is 18.2 Å². The van der Waals surface area contributed by atoms with Crippen molar-refractivity contribution >= 4 is 40.7 Å². The summed E-state index contributed by atoms with van der Waals surface area (Å²) in [5.41, 5.74) is 1.57. The number of aromatic hydroxyl groups is 1. The van der Waals surface area contributed by atoms with E-state index >= 15 is 0 Å². The Bertz CT molecular complexity index is 730. The predicted molar refractivity (Wildman–Crippen MR) is 95.6 cm³/mol. The third-order valence-corrected chi connectivity index (χ3v) is 4.26. The maximum atomic E-state index is 9.64. The third kappa shape index (κ3) is 4.01. The molecule has 6 nitrogen and oxygen atoms in total. The molecule has 3 rings (SSSR count). The summed E-state index contributed by atoms with van der Waals surface area (Å²) >= 11 is 11.9. The number of nitrogens with zero attached hydrogens (tertiary/aromatic N) is 2. The lowest BCUT2D eigenvalue weighted by Gasteiger charge is -2.14. The molecule has 4 N–H and O–H groups in total. The summed E-state index contributed by atoms with van der Waals surface area (Å²) in [5, 5.41) is 25.4. The van der Waals surface area contributed by atoms with Crippen molar-refractivity contribution in [2.75, 3.05) is 17.2 Å². The van der Waals surface area contributed by atoms with Gasteiger partial charge in [0.2, 0.25) is 5.95 Å². The van der Waals surface area contributed by atoms with E-state index in [1.807, 2.05) is 13.0 Å². The summed E-state index contributed by atoms with van der Waals surface area (Å²) < 4.78 is 0. The molecule has 24 heavy (non-hydrogen) atoms. The number of halogens is 2. The molecule has 0 unspecified atom stereocenters. The van der Waals surface area contributed by atoms with Crippen LogP contribution in [0.1, 0.15) is 31.4 Å². The number of anilines is 3. The van der Waals surface area contributed by atoms with Gasteiger partial charge in [-0.15, -0.1) is 0 Å². The van der Waals surface area contributed by atoms with E-state index in [-0.39, 0.29) is 28.4 Å². The Balaban J connectivity index is 1.89. The van der Waals surface area contributed by atoms with Crippen molar-refractivity contribution in [3.63, 3.8) is 0 Å². The van der Waals surface area contributed by atoms with Crippen LogP contribution in [0.4, 0.5) is 17.5 Å². The molecular formula is C16H18Cl2N4O2. The van der Waals surface area contributed by atoms with E-state index in [0.29, 0.717) is 23.4 Å². The van der Waals surface area contributed by atoms with Crippen LogP contribution in [-0.2, 0) is 0 Å².